The van der Waals surface area contributed by atoms with Crippen LogP contribution in [0.4, 0.5) is 0 Å². The molecule has 0 spiro atoms. The normalized spacial score (nSPS) is 10.6. The summed E-state index contributed by atoms with van der Waals surface area (Å²) in [6.45, 7) is 0.447. The third-order valence-corrected chi connectivity index (χ3v) is 5.02. The highest BCUT2D eigenvalue weighted by atomic mass is 35.5. The van der Waals surface area contributed by atoms with Gasteiger partial charge in [-0.1, -0.05) is 48.0 Å². The van der Waals surface area contributed by atoms with Gasteiger partial charge in [-0.05, 0) is 53.6 Å². The first-order valence-electron chi connectivity index (χ1n) is 9.45. The number of hydrogen-bond acceptors (Lipinski definition) is 3. The Morgan fingerprint density at radius 1 is 1.00 bits per heavy atom. The van der Waals surface area contributed by atoms with Crippen LogP contribution in [0, 0.1) is 0 Å². The molecule has 4 aromatic rings. The van der Waals surface area contributed by atoms with Crippen LogP contribution in [0.5, 0.6) is 5.75 Å². The molecule has 0 bridgehead atoms. The van der Waals surface area contributed by atoms with Crippen molar-refractivity contribution in [2.45, 2.75) is 6.54 Å². The number of amides is 1. The highest BCUT2D eigenvalue weighted by Gasteiger charge is 2.09. The molecular weight excluding hydrogens is 398 g/mol. The molecule has 4 rings (SSSR count). The van der Waals surface area contributed by atoms with Crippen LogP contribution in [0.2, 0.25) is 5.02 Å². The molecule has 0 saturated heterocycles. The van der Waals surface area contributed by atoms with Gasteiger partial charge in [-0.25, -0.2) is 0 Å². The van der Waals surface area contributed by atoms with E-state index in [-0.39, 0.29) is 5.91 Å². The Bertz CT molecular complexity index is 1150. The Labute approximate surface area is 179 Å². The summed E-state index contributed by atoms with van der Waals surface area (Å²) in [4.78, 5) is 12.4. The SMILES string of the molecule is COc1cccc(-c2cc(-c3ccc(C(=O)NCc4ccc(Cl)cc4)cc3)[nH]n2)c1. The van der Waals surface area contributed by atoms with Crippen LogP contribution in [0.1, 0.15) is 15.9 Å². The van der Waals surface area contributed by atoms with Gasteiger partial charge in [-0.15, -0.1) is 0 Å². The van der Waals surface area contributed by atoms with E-state index < -0.39 is 0 Å². The van der Waals surface area contributed by atoms with Crippen molar-refractivity contribution < 1.29 is 9.53 Å². The summed E-state index contributed by atoms with van der Waals surface area (Å²) in [5.41, 5.74) is 5.21. The van der Waals surface area contributed by atoms with Crippen LogP contribution in [0.3, 0.4) is 0 Å². The number of hydrogen-bond donors (Lipinski definition) is 2. The summed E-state index contributed by atoms with van der Waals surface area (Å²) in [6, 6.07) is 24.5. The standard InChI is InChI=1S/C24H20ClN3O2/c1-30-21-4-2-3-19(13-21)23-14-22(27-28-23)17-7-9-18(10-8-17)24(29)26-15-16-5-11-20(25)12-6-16/h2-14H,15H2,1H3,(H,26,29)(H,27,28). The van der Waals surface area contributed by atoms with E-state index in [2.05, 4.69) is 15.5 Å². The molecule has 0 unspecified atom stereocenters. The Morgan fingerprint density at radius 3 is 2.50 bits per heavy atom. The molecule has 1 amide bonds. The van der Waals surface area contributed by atoms with Gasteiger partial charge in [0.05, 0.1) is 18.5 Å². The number of carbonyl (C=O) groups excluding carboxylic acids is 1. The predicted octanol–water partition coefficient (Wildman–Crippen LogP) is 5.34. The summed E-state index contributed by atoms with van der Waals surface area (Å²) in [7, 11) is 1.64. The number of aromatic nitrogens is 2. The summed E-state index contributed by atoms with van der Waals surface area (Å²) in [6.07, 6.45) is 0. The van der Waals surface area contributed by atoms with E-state index in [0.29, 0.717) is 17.1 Å². The second kappa shape index (κ2) is 8.84. The maximum Gasteiger partial charge on any atom is 0.251 e. The maximum atomic E-state index is 12.4. The van der Waals surface area contributed by atoms with Crippen molar-refractivity contribution in [3.8, 4) is 28.3 Å². The first-order valence-corrected chi connectivity index (χ1v) is 9.83. The van der Waals surface area contributed by atoms with Crippen molar-refractivity contribution in [1.29, 1.82) is 0 Å². The number of carbonyl (C=O) groups is 1. The highest BCUT2D eigenvalue weighted by molar-refractivity contribution is 6.30. The van der Waals surface area contributed by atoms with Crippen molar-refractivity contribution in [2.24, 2.45) is 0 Å². The zero-order valence-electron chi connectivity index (χ0n) is 16.4. The zero-order valence-corrected chi connectivity index (χ0v) is 17.1. The largest absolute Gasteiger partial charge is 0.497 e. The zero-order chi connectivity index (χ0) is 20.9. The third kappa shape index (κ3) is 4.53. The number of aromatic amines is 1. The van der Waals surface area contributed by atoms with Crippen LogP contribution < -0.4 is 10.1 Å². The minimum Gasteiger partial charge on any atom is -0.497 e. The average Bonchev–Trinajstić information content (AvgIpc) is 3.29. The lowest BCUT2D eigenvalue weighted by Gasteiger charge is -2.06. The average molecular weight is 418 g/mol. The molecule has 2 N–H and O–H groups in total. The molecule has 0 aliphatic carbocycles. The van der Waals surface area contributed by atoms with E-state index in [1.165, 1.54) is 0 Å². The fourth-order valence-electron chi connectivity index (χ4n) is 3.09. The molecule has 150 valence electrons. The van der Waals surface area contributed by atoms with E-state index in [1.54, 1.807) is 19.2 Å². The number of halogens is 1. The molecule has 30 heavy (non-hydrogen) atoms. The molecule has 3 aromatic carbocycles. The molecule has 0 aliphatic heterocycles. The van der Waals surface area contributed by atoms with E-state index in [4.69, 9.17) is 16.3 Å². The van der Waals surface area contributed by atoms with Crippen molar-refractivity contribution in [1.82, 2.24) is 15.5 Å². The topological polar surface area (TPSA) is 67.0 Å². The van der Waals surface area contributed by atoms with Crippen molar-refractivity contribution in [3.63, 3.8) is 0 Å². The number of benzene rings is 3. The molecule has 1 heterocycles. The van der Waals surface area contributed by atoms with Gasteiger partial charge in [0.15, 0.2) is 0 Å². The number of nitrogens with zero attached hydrogens (tertiary/aromatic N) is 1. The van der Waals surface area contributed by atoms with Crippen LogP contribution in [0.15, 0.2) is 78.9 Å². The number of H-pyrrole nitrogens is 1. The van der Waals surface area contributed by atoms with Gasteiger partial charge in [0.2, 0.25) is 0 Å². The van der Waals surface area contributed by atoms with Crippen LogP contribution in [0.25, 0.3) is 22.5 Å². The first kappa shape index (κ1) is 19.7. The van der Waals surface area contributed by atoms with Gasteiger partial charge in [-0.3, -0.25) is 9.89 Å². The monoisotopic (exact) mass is 417 g/mol. The van der Waals surface area contributed by atoms with E-state index in [1.807, 2.05) is 66.7 Å². The Kier molecular flexibility index (Phi) is 5.82. The molecule has 6 heteroatoms. The quantitative estimate of drug-likeness (QED) is 0.445. The van der Waals surface area contributed by atoms with Gasteiger partial charge < -0.3 is 10.1 Å². The van der Waals surface area contributed by atoms with E-state index >= 15 is 0 Å². The summed E-state index contributed by atoms with van der Waals surface area (Å²) < 4.78 is 5.27. The first-order chi connectivity index (χ1) is 14.6. The summed E-state index contributed by atoms with van der Waals surface area (Å²) in [5, 5.41) is 11.0. The Morgan fingerprint density at radius 2 is 1.77 bits per heavy atom. The fourth-order valence-corrected chi connectivity index (χ4v) is 3.21. The minimum atomic E-state index is -0.127. The Hall–Kier alpha value is -3.57. The van der Waals surface area contributed by atoms with Gasteiger partial charge in [0.1, 0.15) is 5.75 Å². The van der Waals surface area contributed by atoms with E-state index in [9.17, 15) is 4.79 Å². The number of nitrogens with one attached hydrogen (secondary N) is 2. The lowest BCUT2D eigenvalue weighted by Crippen LogP contribution is -2.22. The maximum absolute atomic E-state index is 12.4. The van der Waals surface area contributed by atoms with Crippen molar-refractivity contribution in [2.75, 3.05) is 7.11 Å². The van der Waals surface area contributed by atoms with Crippen LogP contribution in [-0.4, -0.2) is 23.2 Å². The molecule has 1 aromatic heterocycles. The molecule has 0 saturated carbocycles. The molecule has 0 fully saturated rings. The summed E-state index contributed by atoms with van der Waals surface area (Å²) >= 11 is 5.89. The second-order valence-corrected chi connectivity index (χ2v) is 7.22. The predicted molar refractivity (Wildman–Crippen MR) is 119 cm³/mol. The van der Waals surface area contributed by atoms with Crippen LogP contribution in [-0.2, 0) is 6.54 Å². The highest BCUT2D eigenvalue weighted by Crippen LogP contribution is 2.26. The van der Waals surface area contributed by atoms with Gasteiger partial charge in [0, 0.05) is 22.7 Å². The van der Waals surface area contributed by atoms with E-state index in [0.717, 1.165) is 33.8 Å². The Balaban J connectivity index is 1.43. The second-order valence-electron chi connectivity index (χ2n) is 6.79. The molecule has 0 aliphatic rings. The number of rotatable bonds is 6. The van der Waals surface area contributed by atoms with Gasteiger partial charge in [-0.2, -0.15) is 5.10 Å². The van der Waals surface area contributed by atoms with Crippen LogP contribution >= 0.6 is 11.6 Å². The molecule has 0 atom stereocenters. The number of methoxy groups -OCH3 is 1. The van der Waals surface area contributed by atoms with Crippen molar-refractivity contribution >= 4 is 17.5 Å². The smallest absolute Gasteiger partial charge is 0.251 e. The molecular formula is C24H20ClN3O2. The van der Waals surface area contributed by atoms with Gasteiger partial charge >= 0.3 is 0 Å². The lowest BCUT2D eigenvalue weighted by molar-refractivity contribution is 0.0951. The van der Waals surface area contributed by atoms with Gasteiger partial charge in [0.25, 0.3) is 5.91 Å². The van der Waals surface area contributed by atoms with Crippen molar-refractivity contribution in [3.05, 3.63) is 95.0 Å². The molecule has 0 radical (unpaired) electrons. The lowest BCUT2D eigenvalue weighted by atomic mass is 10.1. The minimum absolute atomic E-state index is 0.127. The fraction of sp³-hybridized carbons (Fsp3) is 0.0833. The molecule has 5 nitrogen and oxygen atoms in total. The summed E-state index contributed by atoms with van der Waals surface area (Å²) in [5.74, 6) is 0.657. The number of ether oxygens (including phenoxy) is 1. The third-order valence-electron chi connectivity index (χ3n) is 4.77.